The summed E-state index contributed by atoms with van der Waals surface area (Å²) < 4.78 is 12.8. The van der Waals surface area contributed by atoms with Gasteiger partial charge in [0.05, 0.1) is 11.4 Å². The Labute approximate surface area is 93.2 Å². The number of likely N-dealkylation sites (N-methyl/N-ethyl adjacent to an activating group) is 1. The van der Waals surface area contributed by atoms with Crippen molar-refractivity contribution in [2.45, 2.75) is 12.5 Å². The van der Waals surface area contributed by atoms with Gasteiger partial charge in [-0.3, -0.25) is 4.79 Å². The molecule has 1 heterocycles. The first-order valence-corrected chi connectivity index (χ1v) is 5.14. The molecule has 16 heavy (non-hydrogen) atoms. The molecule has 1 fully saturated rings. The minimum absolute atomic E-state index is 0.0451. The molecule has 0 aromatic heterocycles. The van der Waals surface area contributed by atoms with E-state index in [1.165, 1.54) is 12.1 Å². The molecular formula is C11H14FN3O. The van der Waals surface area contributed by atoms with Crippen LogP contribution in [0.15, 0.2) is 18.2 Å². The average Bonchev–Trinajstić information content (AvgIpc) is 2.54. The number of amides is 1. The summed E-state index contributed by atoms with van der Waals surface area (Å²) in [7, 11) is 1.76. The highest BCUT2D eigenvalue weighted by atomic mass is 19.1. The third-order valence-electron chi connectivity index (χ3n) is 2.77. The van der Waals surface area contributed by atoms with Crippen molar-refractivity contribution in [2.24, 2.45) is 0 Å². The lowest BCUT2D eigenvalue weighted by Gasteiger charge is -2.14. The fraction of sp³-hybridized carbons (Fsp3) is 0.364. The molecule has 2 rings (SSSR count). The van der Waals surface area contributed by atoms with Gasteiger partial charge in [-0.25, -0.2) is 4.39 Å². The zero-order valence-corrected chi connectivity index (χ0v) is 9.03. The molecule has 3 N–H and O–H groups in total. The van der Waals surface area contributed by atoms with Gasteiger partial charge in [-0.15, -0.1) is 0 Å². The van der Waals surface area contributed by atoms with Crippen molar-refractivity contribution in [3.05, 3.63) is 24.0 Å². The van der Waals surface area contributed by atoms with Crippen molar-refractivity contribution in [2.75, 3.05) is 24.6 Å². The number of nitrogen functional groups attached to an aromatic ring is 1. The van der Waals surface area contributed by atoms with Gasteiger partial charge in [0.25, 0.3) is 0 Å². The summed E-state index contributed by atoms with van der Waals surface area (Å²) in [5.41, 5.74) is 6.58. The zero-order valence-electron chi connectivity index (χ0n) is 9.03. The molecule has 86 valence electrons. The number of nitrogens with one attached hydrogen (secondary N) is 1. The van der Waals surface area contributed by atoms with E-state index in [2.05, 4.69) is 5.32 Å². The van der Waals surface area contributed by atoms with E-state index in [1.807, 2.05) is 0 Å². The topological polar surface area (TPSA) is 58.4 Å². The minimum Gasteiger partial charge on any atom is -0.397 e. The van der Waals surface area contributed by atoms with Crippen LogP contribution in [0.2, 0.25) is 0 Å². The zero-order chi connectivity index (χ0) is 11.7. The molecule has 5 heteroatoms. The van der Waals surface area contributed by atoms with E-state index in [0.717, 1.165) is 13.0 Å². The number of hydrogen-bond donors (Lipinski definition) is 2. The first kappa shape index (κ1) is 10.7. The Hall–Kier alpha value is -1.78. The Morgan fingerprint density at radius 2 is 2.31 bits per heavy atom. The Morgan fingerprint density at radius 1 is 1.56 bits per heavy atom. The molecule has 1 amide bonds. The molecule has 1 aromatic carbocycles. The van der Waals surface area contributed by atoms with Crippen LogP contribution < -0.4 is 11.1 Å². The molecule has 1 saturated heterocycles. The molecule has 4 nitrogen and oxygen atoms in total. The third-order valence-corrected chi connectivity index (χ3v) is 2.77. The van der Waals surface area contributed by atoms with Crippen LogP contribution in [0.1, 0.15) is 6.42 Å². The first-order chi connectivity index (χ1) is 7.58. The molecule has 1 atom stereocenters. The second-order valence-corrected chi connectivity index (χ2v) is 3.98. The van der Waals surface area contributed by atoms with Crippen LogP contribution >= 0.6 is 0 Å². The van der Waals surface area contributed by atoms with E-state index in [9.17, 15) is 9.18 Å². The van der Waals surface area contributed by atoms with Gasteiger partial charge in [-0.2, -0.15) is 0 Å². The van der Waals surface area contributed by atoms with E-state index in [0.29, 0.717) is 11.4 Å². The van der Waals surface area contributed by atoms with Gasteiger partial charge in [0.15, 0.2) is 0 Å². The number of carbonyl (C=O) groups excluding carboxylic acids is 1. The number of nitrogens with zero attached hydrogens (tertiary/aromatic N) is 1. The van der Waals surface area contributed by atoms with Gasteiger partial charge in [0.2, 0.25) is 5.91 Å². The van der Waals surface area contributed by atoms with E-state index < -0.39 is 0 Å². The molecule has 0 bridgehead atoms. The van der Waals surface area contributed by atoms with Crippen LogP contribution in [0, 0.1) is 5.82 Å². The normalized spacial score (nSPS) is 20.2. The average molecular weight is 223 g/mol. The Kier molecular flexibility index (Phi) is 2.68. The lowest BCUT2D eigenvalue weighted by molar-refractivity contribution is -0.127. The van der Waals surface area contributed by atoms with Crippen LogP contribution in [0.4, 0.5) is 15.8 Å². The van der Waals surface area contributed by atoms with Gasteiger partial charge in [0.1, 0.15) is 11.9 Å². The van der Waals surface area contributed by atoms with Gasteiger partial charge >= 0.3 is 0 Å². The Balaban J connectivity index is 2.12. The molecule has 0 aliphatic carbocycles. The van der Waals surface area contributed by atoms with E-state index >= 15 is 0 Å². The van der Waals surface area contributed by atoms with E-state index in [-0.39, 0.29) is 17.8 Å². The van der Waals surface area contributed by atoms with Gasteiger partial charge in [-0.1, -0.05) is 0 Å². The number of likely N-dealkylation sites (tertiary alicyclic amines) is 1. The fourth-order valence-electron chi connectivity index (χ4n) is 1.81. The second kappa shape index (κ2) is 4.00. The summed E-state index contributed by atoms with van der Waals surface area (Å²) in [6.45, 7) is 0.734. The Bertz CT molecular complexity index is 422. The Morgan fingerprint density at radius 3 is 2.88 bits per heavy atom. The van der Waals surface area contributed by atoms with Crippen molar-refractivity contribution in [3.8, 4) is 0 Å². The van der Waals surface area contributed by atoms with Crippen LogP contribution in [0.3, 0.4) is 0 Å². The van der Waals surface area contributed by atoms with Crippen LogP contribution in [0.25, 0.3) is 0 Å². The maximum atomic E-state index is 12.8. The summed E-state index contributed by atoms with van der Waals surface area (Å²) in [6.07, 6.45) is 0.742. The third kappa shape index (κ3) is 1.93. The second-order valence-electron chi connectivity index (χ2n) is 3.98. The minimum atomic E-state index is -0.377. The molecule has 1 aliphatic heterocycles. The van der Waals surface area contributed by atoms with Gasteiger partial charge in [0, 0.05) is 13.6 Å². The van der Waals surface area contributed by atoms with Crippen molar-refractivity contribution in [1.29, 1.82) is 0 Å². The van der Waals surface area contributed by atoms with E-state index in [4.69, 9.17) is 5.73 Å². The molecule has 0 radical (unpaired) electrons. The van der Waals surface area contributed by atoms with Gasteiger partial charge < -0.3 is 16.0 Å². The van der Waals surface area contributed by atoms with E-state index in [1.54, 1.807) is 18.0 Å². The summed E-state index contributed by atoms with van der Waals surface area (Å²) in [6, 6.07) is 3.86. The van der Waals surface area contributed by atoms with Crippen molar-refractivity contribution in [1.82, 2.24) is 4.90 Å². The molecule has 1 aliphatic rings. The molecular weight excluding hydrogens is 209 g/mol. The number of nitrogens with two attached hydrogens (primary N) is 1. The molecule has 0 saturated carbocycles. The number of benzene rings is 1. The predicted octanol–water partition coefficient (Wildman–Crippen LogP) is 1.05. The standard InChI is InChI=1S/C11H14FN3O/c1-15-5-4-10(11(15)16)14-9-3-2-7(12)6-8(9)13/h2-3,6,10,14H,4-5,13H2,1H3. The van der Waals surface area contributed by atoms with Gasteiger partial charge in [-0.05, 0) is 24.6 Å². The quantitative estimate of drug-likeness (QED) is 0.737. The maximum Gasteiger partial charge on any atom is 0.244 e. The smallest absolute Gasteiger partial charge is 0.244 e. The van der Waals surface area contributed by atoms with Crippen LogP contribution in [-0.2, 0) is 4.79 Å². The van der Waals surface area contributed by atoms with Crippen molar-refractivity contribution < 1.29 is 9.18 Å². The summed E-state index contributed by atoms with van der Waals surface area (Å²) >= 11 is 0. The highest BCUT2D eigenvalue weighted by molar-refractivity contribution is 5.87. The molecule has 1 aromatic rings. The number of rotatable bonds is 2. The number of carbonyl (C=O) groups is 1. The van der Waals surface area contributed by atoms with Crippen LogP contribution in [0.5, 0.6) is 0 Å². The van der Waals surface area contributed by atoms with Crippen LogP contribution in [-0.4, -0.2) is 30.4 Å². The SMILES string of the molecule is CN1CCC(Nc2ccc(F)cc2N)C1=O. The molecule has 1 unspecified atom stereocenters. The summed E-state index contributed by atoms with van der Waals surface area (Å²) in [5.74, 6) is -0.332. The fourth-order valence-corrected chi connectivity index (χ4v) is 1.81. The molecule has 0 spiro atoms. The lowest BCUT2D eigenvalue weighted by Crippen LogP contribution is -2.31. The number of halogens is 1. The predicted molar refractivity (Wildman–Crippen MR) is 60.5 cm³/mol. The lowest BCUT2D eigenvalue weighted by atomic mass is 10.2. The first-order valence-electron chi connectivity index (χ1n) is 5.14. The highest BCUT2D eigenvalue weighted by Crippen LogP contribution is 2.22. The monoisotopic (exact) mass is 223 g/mol. The van der Waals surface area contributed by atoms with Crippen molar-refractivity contribution >= 4 is 17.3 Å². The van der Waals surface area contributed by atoms with Crippen molar-refractivity contribution in [3.63, 3.8) is 0 Å². The highest BCUT2D eigenvalue weighted by Gasteiger charge is 2.29. The largest absolute Gasteiger partial charge is 0.397 e. The maximum absolute atomic E-state index is 12.8. The summed E-state index contributed by atoms with van der Waals surface area (Å²) in [5, 5.41) is 3.03. The number of anilines is 2. The summed E-state index contributed by atoms with van der Waals surface area (Å²) in [4.78, 5) is 13.3. The number of hydrogen-bond acceptors (Lipinski definition) is 3.